The summed E-state index contributed by atoms with van der Waals surface area (Å²) in [6.45, 7) is 5.86. The fourth-order valence-corrected chi connectivity index (χ4v) is 3.59. The van der Waals surface area contributed by atoms with Crippen molar-refractivity contribution >= 4 is 34.8 Å². The summed E-state index contributed by atoms with van der Waals surface area (Å²) in [5.41, 5.74) is 1.74. The molecule has 1 aromatic heterocycles. The van der Waals surface area contributed by atoms with Crippen molar-refractivity contribution in [3.05, 3.63) is 41.6 Å². The number of carbonyl (C=O) groups excluding carboxylic acids is 1. The molecule has 1 N–H and O–H groups in total. The molecule has 28 heavy (non-hydrogen) atoms. The lowest BCUT2D eigenvalue weighted by molar-refractivity contribution is 0.122. The SMILES string of the molecule is O=C(Nc1cccc(Cl)c1)N1CCN(c2cnnc(N3CCOCC3)c2)CC1. The maximum atomic E-state index is 12.5. The van der Waals surface area contributed by atoms with Gasteiger partial charge in [-0.3, -0.25) is 0 Å². The first kappa shape index (κ1) is 18.8. The molecule has 0 bridgehead atoms. The molecule has 0 spiro atoms. The first-order valence-corrected chi connectivity index (χ1v) is 9.79. The predicted octanol–water partition coefficient (Wildman–Crippen LogP) is 2.32. The maximum Gasteiger partial charge on any atom is 0.321 e. The predicted molar refractivity (Wildman–Crippen MR) is 109 cm³/mol. The molecule has 4 rings (SSSR count). The van der Waals surface area contributed by atoms with Crippen molar-refractivity contribution in [2.75, 3.05) is 67.6 Å². The van der Waals surface area contributed by atoms with Gasteiger partial charge in [-0.1, -0.05) is 17.7 Å². The molecule has 3 heterocycles. The molecule has 9 heteroatoms. The van der Waals surface area contributed by atoms with E-state index in [0.29, 0.717) is 37.0 Å². The lowest BCUT2D eigenvalue weighted by Crippen LogP contribution is -2.50. The van der Waals surface area contributed by atoms with Gasteiger partial charge in [-0.15, -0.1) is 5.10 Å². The van der Waals surface area contributed by atoms with Crippen LogP contribution in [-0.2, 0) is 4.74 Å². The van der Waals surface area contributed by atoms with Crippen molar-refractivity contribution in [1.29, 1.82) is 0 Å². The summed E-state index contributed by atoms with van der Waals surface area (Å²) >= 11 is 5.98. The van der Waals surface area contributed by atoms with E-state index in [4.69, 9.17) is 16.3 Å². The normalized spacial score (nSPS) is 17.5. The highest BCUT2D eigenvalue weighted by atomic mass is 35.5. The van der Waals surface area contributed by atoms with Crippen molar-refractivity contribution < 1.29 is 9.53 Å². The summed E-state index contributed by atoms with van der Waals surface area (Å²) in [7, 11) is 0. The molecular formula is C19H23ClN6O2. The molecule has 0 aliphatic carbocycles. The van der Waals surface area contributed by atoms with Crippen LogP contribution in [0.4, 0.5) is 22.0 Å². The highest BCUT2D eigenvalue weighted by Gasteiger charge is 2.22. The summed E-state index contributed by atoms with van der Waals surface area (Å²) in [6, 6.07) is 9.13. The van der Waals surface area contributed by atoms with Crippen LogP contribution in [-0.4, -0.2) is 73.6 Å². The third-order valence-electron chi connectivity index (χ3n) is 4.97. The van der Waals surface area contributed by atoms with E-state index < -0.39 is 0 Å². The Hall–Kier alpha value is -2.58. The van der Waals surface area contributed by atoms with E-state index in [-0.39, 0.29) is 6.03 Å². The standard InChI is InChI=1S/C19H23ClN6O2/c20-15-2-1-3-16(12-15)22-19(27)26-6-4-24(5-7-26)17-13-18(23-21-14-17)25-8-10-28-11-9-25/h1-3,12-14H,4-11H2,(H,22,27). The van der Waals surface area contributed by atoms with Crippen LogP contribution >= 0.6 is 11.6 Å². The Morgan fingerprint density at radius 2 is 1.82 bits per heavy atom. The average Bonchev–Trinajstić information content (AvgIpc) is 2.75. The maximum absolute atomic E-state index is 12.5. The van der Waals surface area contributed by atoms with Gasteiger partial charge < -0.3 is 24.8 Å². The van der Waals surface area contributed by atoms with Crippen LogP contribution < -0.4 is 15.1 Å². The summed E-state index contributed by atoms with van der Waals surface area (Å²) in [4.78, 5) is 18.7. The van der Waals surface area contributed by atoms with Gasteiger partial charge in [-0.05, 0) is 18.2 Å². The second kappa shape index (κ2) is 8.62. The van der Waals surface area contributed by atoms with Gasteiger partial charge in [-0.25, -0.2) is 4.79 Å². The van der Waals surface area contributed by atoms with Crippen molar-refractivity contribution in [1.82, 2.24) is 15.1 Å². The molecule has 2 aromatic rings. The van der Waals surface area contributed by atoms with Gasteiger partial charge in [0.2, 0.25) is 0 Å². The van der Waals surface area contributed by atoms with E-state index in [2.05, 4.69) is 31.4 Å². The largest absolute Gasteiger partial charge is 0.378 e. The molecule has 0 atom stereocenters. The summed E-state index contributed by atoms with van der Waals surface area (Å²) in [5, 5.41) is 11.9. The number of anilines is 3. The van der Waals surface area contributed by atoms with Gasteiger partial charge in [0.1, 0.15) is 0 Å². The topological polar surface area (TPSA) is 73.8 Å². The fourth-order valence-electron chi connectivity index (χ4n) is 3.40. The number of halogens is 1. The minimum absolute atomic E-state index is 0.108. The van der Waals surface area contributed by atoms with Crippen LogP contribution in [0.5, 0.6) is 0 Å². The van der Waals surface area contributed by atoms with Gasteiger partial charge in [0, 0.05) is 56.0 Å². The van der Waals surface area contributed by atoms with Gasteiger partial charge in [0.15, 0.2) is 5.82 Å². The number of benzene rings is 1. The first-order valence-electron chi connectivity index (χ1n) is 9.41. The second-order valence-electron chi connectivity index (χ2n) is 6.79. The van der Waals surface area contributed by atoms with Crippen molar-refractivity contribution in [2.45, 2.75) is 0 Å². The Bertz CT molecular complexity index is 822. The van der Waals surface area contributed by atoms with Crippen LogP contribution in [0.2, 0.25) is 5.02 Å². The third-order valence-corrected chi connectivity index (χ3v) is 5.21. The number of aromatic nitrogens is 2. The fraction of sp³-hybridized carbons (Fsp3) is 0.421. The summed E-state index contributed by atoms with van der Waals surface area (Å²) < 4.78 is 5.40. The highest BCUT2D eigenvalue weighted by molar-refractivity contribution is 6.30. The zero-order valence-electron chi connectivity index (χ0n) is 15.6. The van der Waals surface area contributed by atoms with Gasteiger partial charge in [-0.2, -0.15) is 5.10 Å². The van der Waals surface area contributed by atoms with Gasteiger partial charge in [0.25, 0.3) is 0 Å². The number of amides is 2. The zero-order chi connectivity index (χ0) is 19.3. The van der Waals surface area contributed by atoms with E-state index in [1.807, 2.05) is 17.0 Å². The van der Waals surface area contributed by atoms with E-state index in [1.54, 1.807) is 18.3 Å². The van der Waals surface area contributed by atoms with Gasteiger partial charge in [0.05, 0.1) is 25.1 Å². The Morgan fingerprint density at radius 3 is 2.57 bits per heavy atom. The van der Waals surface area contributed by atoms with E-state index >= 15 is 0 Å². The van der Waals surface area contributed by atoms with E-state index in [0.717, 1.165) is 37.7 Å². The van der Waals surface area contributed by atoms with Crippen LogP contribution in [0.3, 0.4) is 0 Å². The van der Waals surface area contributed by atoms with Crippen LogP contribution in [0, 0.1) is 0 Å². The molecule has 148 valence electrons. The third kappa shape index (κ3) is 4.45. The van der Waals surface area contributed by atoms with Crippen LogP contribution in [0.15, 0.2) is 36.5 Å². The molecular weight excluding hydrogens is 380 g/mol. The smallest absolute Gasteiger partial charge is 0.321 e. The Balaban J connectivity index is 1.34. The molecule has 2 amide bonds. The van der Waals surface area contributed by atoms with Crippen LogP contribution in [0.25, 0.3) is 0 Å². The summed E-state index contributed by atoms with van der Waals surface area (Å²) in [5.74, 6) is 0.877. The lowest BCUT2D eigenvalue weighted by atomic mass is 10.2. The number of carbonyl (C=O) groups is 1. The number of urea groups is 1. The number of nitrogens with one attached hydrogen (secondary N) is 1. The number of hydrogen-bond acceptors (Lipinski definition) is 6. The Labute approximate surface area is 169 Å². The van der Waals surface area contributed by atoms with Crippen molar-refractivity contribution in [3.63, 3.8) is 0 Å². The van der Waals surface area contributed by atoms with Crippen LogP contribution in [0.1, 0.15) is 0 Å². The molecule has 1 aromatic carbocycles. The number of piperazine rings is 1. The van der Waals surface area contributed by atoms with Crippen molar-refractivity contribution in [3.8, 4) is 0 Å². The molecule has 0 radical (unpaired) electrons. The quantitative estimate of drug-likeness (QED) is 0.849. The number of nitrogens with zero attached hydrogens (tertiary/aromatic N) is 5. The molecule has 2 fully saturated rings. The number of rotatable bonds is 3. The molecule has 2 saturated heterocycles. The zero-order valence-corrected chi connectivity index (χ0v) is 16.3. The number of hydrogen-bond donors (Lipinski definition) is 1. The first-order chi connectivity index (χ1) is 13.7. The minimum Gasteiger partial charge on any atom is -0.378 e. The monoisotopic (exact) mass is 402 g/mol. The molecule has 2 aliphatic heterocycles. The second-order valence-corrected chi connectivity index (χ2v) is 7.22. The molecule has 2 aliphatic rings. The lowest BCUT2D eigenvalue weighted by Gasteiger charge is -2.36. The number of morpholine rings is 1. The Kier molecular flexibility index (Phi) is 5.78. The Morgan fingerprint density at radius 1 is 1.04 bits per heavy atom. The average molecular weight is 403 g/mol. The molecule has 0 unspecified atom stereocenters. The number of ether oxygens (including phenoxy) is 1. The summed E-state index contributed by atoms with van der Waals surface area (Å²) in [6.07, 6.45) is 1.78. The molecule has 0 saturated carbocycles. The molecule has 8 nitrogen and oxygen atoms in total. The van der Waals surface area contributed by atoms with Gasteiger partial charge >= 0.3 is 6.03 Å². The highest BCUT2D eigenvalue weighted by Crippen LogP contribution is 2.21. The van der Waals surface area contributed by atoms with Crippen molar-refractivity contribution in [2.24, 2.45) is 0 Å². The van der Waals surface area contributed by atoms with E-state index in [9.17, 15) is 4.79 Å². The minimum atomic E-state index is -0.108. The van der Waals surface area contributed by atoms with E-state index in [1.165, 1.54) is 0 Å².